The Labute approximate surface area is 108 Å². The van der Waals surface area contributed by atoms with E-state index in [1.807, 2.05) is 0 Å². The summed E-state index contributed by atoms with van der Waals surface area (Å²) in [5.74, 6) is -0.476. The SMILES string of the molecule is O=Cc1cccc(C(=O)c2ccccc2)c1[N+](=O)[O-]. The van der Waals surface area contributed by atoms with Crippen molar-refractivity contribution in [3.05, 3.63) is 75.3 Å². The second kappa shape index (κ2) is 5.22. The van der Waals surface area contributed by atoms with Crippen molar-refractivity contribution in [1.82, 2.24) is 0 Å². The van der Waals surface area contributed by atoms with Gasteiger partial charge >= 0.3 is 0 Å². The Balaban J connectivity index is 2.60. The average molecular weight is 255 g/mol. The highest BCUT2D eigenvalue weighted by molar-refractivity contribution is 6.12. The number of carbonyl (C=O) groups excluding carboxylic acids is 2. The summed E-state index contributed by atoms with van der Waals surface area (Å²) < 4.78 is 0. The number of nitro benzene ring substituents is 1. The van der Waals surface area contributed by atoms with Gasteiger partial charge in [-0.15, -0.1) is 0 Å². The van der Waals surface area contributed by atoms with Crippen LogP contribution in [0.15, 0.2) is 48.5 Å². The maximum Gasteiger partial charge on any atom is 0.291 e. The summed E-state index contributed by atoms with van der Waals surface area (Å²) in [5.41, 5.74) is -0.299. The molecule has 0 saturated heterocycles. The standard InChI is InChI=1S/C14H9NO4/c16-9-11-7-4-8-12(13(11)15(18)19)14(17)10-5-2-1-3-6-10/h1-9H. The molecular weight excluding hydrogens is 246 g/mol. The van der Waals surface area contributed by atoms with E-state index in [1.165, 1.54) is 18.2 Å². The fraction of sp³-hybridized carbons (Fsp3) is 0. The summed E-state index contributed by atoms with van der Waals surface area (Å²) >= 11 is 0. The van der Waals surface area contributed by atoms with Gasteiger partial charge in [0.1, 0.15) is 5.56 Å². The molecule has 0 radical (unpaired) electrons. The molecule has 5 heteroatoms. The van der Waals surface area contributed by atoms with E-state index in [4.69, 9.17) is 0 Å². The van der Waals surface area contributed by atoms with Crippen LogP contribution in [-0.2, 0) is 0 Å². The number of nitro groups is 1. The number of hydrogen-bond donors (Lipinski definition) is 0. The highest BCUT2D eigenvalue weighted by atomic mass is 16.6. The lowest BCUT2D eigenvalue weighted by molar-refractivity contribution is -0.385. The van der Waals surface area contributed by atoms with Crippen molar-refractivity contribution >= 4 is 17.8 Å². The Morgan fingerprint density at radius 2 is 1.74 bits per heavy atom. The fourth-order valence-electron chi connectivity index (χ4n) is 1.79. The van der Waals surface area contributed by atoms with Gasteiger partial charge in [0.05, 0.1) is 10.5 Å². The van der Waals surface area contributed by atoms with Crippen LogP contribution in [0.1, 0.15) is 26.3 Å². The second-order valence-electron chi connectivity index (χ2n) is 3.81. The van der Waals surface area contributed by atoms with Gasteiger partial charge in [-0.1, -0.05) is 36.4 Å². The number of aldehydes is 1. The maximum absolute atomic E-state index is 12.2. The summed E-state index contributed by atoms with van der Waals surface area (Å²) in [5, 5.41) is 11.0. The van der Waals surface area contributed by atoms with Gasteiger partial charge in [-0.2, -0.15) is 0 Å². The van der Waals surface area contributed by atoms with Crippen molar-refractivity contribution < 1.29 is 14.5 Å². The molecule has 0 N–H and O–H groups in total. The Kier molecular flexibility index (Phi) is 3.47. The Bertz CT molecular complexity index is 650. The topological polar surface area (TPSA) is 77.3 Å². The van der Waals surface area contributed by atoms with Gasteiger partial charge in [-0.3, -0.25) is 19.7 Å². The van der Waals surface area contributed by atoms with E-state index >= 15 is 0 Å². The predicted octanol–water partition coefficient (Wildman–Crippen LogP) is 2.64. The number of benzene rings is 2. The van der Waals surface area contributed by atoms with Crippen LogP contribution in [0.5, 0.6) is 0 Å². The van der Waals surface area contributed by atoms with Gasteiger partial charge in [0.25, 0.3) is 5.69 Å². The largest absolute Gasteiger partial charge is 0.298 e. The van der Waals surface area contributed by atoms with Crippen LogP contribution >= 0.6 is 0 Å². The van der Waals surface area contributed by atoms with E-state index in [0.29, 0.717) is 11.8 Å². The van der Waals surface area contributed by atoms with E-state index in [-0.39, 0.29) is 11.1 Å². The first-order valence-electron chi connectivity index (χ1n) is 5.47. The van der Waals surface area contributed by atoms with Crippen LogP contribution in [0.25, 0.3) is 0 Å². The normalized spacial score (nSPS) is 9.89. The van der Waals surface area contributed by atoms with E-state index in [1.54, 1.807) is 30.3 Å². The summed E-state index contributed by atoms with van der Waals surface area (Å²) in [6.45, 7) is 0. The third kappa shape index (κ3) is 2.40. The third-order valence-corrected chi connectivity index (χ3v) is 2.66. The minimum atomic E-state index is -0.708. The molecule has 0 spiro atoms. The third-order valence-electron chi connectivity index (χ3n) is 2.66. The Morgan fingerprint density at radius 3 is 2.32 bits per heavy atom. The van der Waals surface area contributed by atoms with Crippen molar-refractivity contribution in [2.24, 2.45) is 0 Å². The van der Waals surface area contributed by atoms with Crippen molar-refractivity contribution in [2.75, 3.05) is 0 Å². The minimum Gasteiger partial charge on any atom is -0.298 e. The minimum absolute atomic E-state index is 0.0826. The van der Waals surface area contributed by atoms with Gasteiger partial charge in [-0.05, 0) is 12.1 Å². The van der Waals surface area contributed by atoms with Gasteiger partial charge in [0, 0.05) is 5.56 Å². The molecule has 94 valence electrons. The first-order chi connectivity index (χ1) is 9.15. The zero-order chi connectivity index (χ0) is 13.8. The molecule has 0 fully saturated rings. The van der Waals surface area contributed by atoms with Gasteiger partial charge in [-0.25, -0.2) is 0 Å². The van der Waals surface area contributed by atoms with Crippen molar-refractivity contribution in [3.63, 3.8) is 0 Å². The number of para-hydroxylation sites is 1. The number of hydrogen-bond acceptors (Lipinski definition) is 4. The first kappa shape index (κ1) is 12.6. The molecule has 2 rings (SSSR count). The monoisotopic (exact) mass is 255 g/mol. The Morgan fingerprint density at radius 1 is 1.05 bits per heavy atom. The molecule has 0 bridgehead atoms. The number of carbonyl (C=O) groups is 2. The van der Waals surface area contributed by atoms with E-state index in [9.17, 15) is 19.7 Å². The second-order valence-corrected chi connectivity index (χ2v) is 3.81. The summed E-state index contributed by atoms with van der Waals surface area (Å²) in [6, 6.07) is 12.3. The smallest absolute Gasteiger partial charge is 0.291 e. The number of nitrogens with zero attached hydrogens (tertiary/aromatic N) is 1. The maximum atomic E-state index is 12.2. The molecule has 0 aliphatic heterocycles. The van der Waals surface area contributed by atoms with Crippen LogP contribution in [0.2, 0.25) is 0 Å². The lowest BCUT2D eigenvalue weighted by Gasteiger charge is -2.04. The molecular formula is C14H9NO4. The summed E-state index contributed by atoms with van der Waals surface area (Å²) in [7, 11) is 0. The molecule has 0 heterocycles. The van der Waals surface area contributed by atoms with Crippen molar-refractivity contribution in [3.8, 4) is 0 Å². The van der Waals surface area contributed by atoms with Gasteiger partial charge in [0.2, 0.25) is 0 Å². The molecule has 0 saturated carbocycles. The van der Waals surface area contributed by atoms with E-state index in [2.05, 4.69) is 0 Å². The zero-order valence-electron chi connectivity index (χ0n) is 9.78. The van der Waals surface area contributed by atoms with Gasteiger partial charge < -0.3 is 0 Å². The van der Waals surface area contributed by atoms with E-state index in [0.717, 1.165) is 0 Å². The van der Waals surface area contributed by atoms with Crippen LogP contribution in [-0.4, -0.2) is 17.0 Å². The molecule has 0 unspecified atom stereocenters. The fourth-order valence-corrected chi connectivity index (χ4v) is 1.79. The average Bonchev–Trinajstić information content (AvgIpc) is 2.46. The molecule has 0 amide bonds. The molecule has 2 aromatic rings. The summed E-state index contributed by atoms with van der Waals surface area (Å²) in [4.78, 5) is 33.4. The van der Waals surface area contributed by atoms with Crippen LogP contribution < -0.4 is 0 Å². The molecule has 0 atom stereocenters. The first-order valence-corrected chi connectivity index (χ1v) is 5.47. The molecule has 0 aliphatic carbocycles. The van der Waals surface area contributed by atoms with Gasteiger partial charge in [0.15, 0.2) is 12.1 Å². The predicted molar refractivity (Wildman–Crippen MR) is 68.4 cm³/mol. The number of ketones is 1. The number of rotatable bonds is 4. The molecule has 2 aromatic carbocycles. The molecule has 19 heavy (non-hydrogen) atoms. The lowest BCUT2D eigenvalue weighted by Crippen LogP contribution is -2.07. The van der Waals surface area contributed by atoms with Crippen molar-refractivity contribution in [1.29, 1.82) is 0 Å². The Hall–Kier alpha value is -2.82. The lowest BCUT2D eigenvalue weighted by atomic mass is 9.99. The molecule has 0 aliphatic rings. The van der Waals surface area contributed by atoms with Crippen molar-refractivity contribution in [2.45, 2.75) is 0 Å². The van der Waals surface area contributed by atoms with E-state index < -0.39 is 16.4 Å². The van der Waals surface area contributed by atoms with Crippen LogP contribution in [0, 0.1) is 10.1 Å². The highest BCUT2D eigenvalue weighted by Gasteiger charge is 2.24. The highest BCUT2D eigenvalue weighted by Crippen LogP contribution is 2.25. The molecule has 5 nitrogen and oxygen atoms in total. The summed E-state index contributed by atoms with van der Waals surface area (Å²) in [6.07, 6.45) is 0.375. The molecule has 0 aromatic heterocycles. The quantitative estimate of drug-likeness (QED) is 0.364. The zero-order valence-corrected chi connectivity index (χ0v) is 9.78. The van der Waals surface area contributed by atoms with Crippen LogP contribution in [0.4, 0.5) is 5.69 Å². The van der Waals surface area contributed by atoms with Crippen LogP contribution in [0.3, 0.4) is 0 Å².